The van der Waals surface area contributed by atoms with Crippen molar-refractivity contribution in [1.82, 2.24) is 4.98 Å². The third kappa shape index (κ3) is 4.63. The quantitative estimate of drug-likeness (QED) is 0.460. The first-order valence-corrected chi connectivity index (χ1v) is 12.6. The summed E-state index contributed by atoms with van der Waals surface area (Å²) < 4.78 is 27.3. The van der Waals surface area contributed by atoms with Crippen LogP contribution in [0.4, 0.5) is 16.5 Å². The van der Waals surface area contributed by atoms with Crippen molar-refractivity contribution < 1.29 is 18.0 Å². The number of halogens is 1. The molecule has 0 fully saturated rings. The molecule has 0 bridgehead atoms. The lowest BCUT2D eigenvalue weighted by Crippen LogP contribution is -2.32. The second-order valence-corrected chi connectivity index (χ2v) is 10.4. The summed E-state index contributed by atoms with van der Waals surface area (Å²) in [5.74, 6) is -0.913. The number of benzene rings is 2. The Morgan fingerprint density at radius 1 is 1.00 bits per heavy atom. The first-order valence-electron chi connectivity index (χ1n) is 9.85. The molecular weight excluding hydrogens is 484 g/mol. The molecule has 0 spiro atoms. The van der Waals surface area contributed by atoms with Gasteiger partial charge in [-0.15, -0.1) is 11.3 Å². The summed E-state index contributed by atoms with van der Waals surface area (Å²) in [6, 6.07) is 12.8. The van der Waals surface area contributed by atoms with E-state index >= 15 is 0 Å². The molecule has 0 atom stereocenters. The fourth-order valence-electron chi connectivity index (χ4n) is 3.16. The molecular formula is C22H19ClN4O4S2. The van der Waals surface area contributed by atoms with E-state index < -0.39 is 21.8 Å². The minimum Gasteiger partial charge on any atom is -0.350 e. The van der Waals surface area contributed by atoms with E-state index in [1.54, 1.807) is 17.5 Å². The van der Waals surface area contributed by atoms with Crippen LogP contribution in [0.5, 0.6) is 0 Å². The number of amides is 2. The molecule has 8 nitrogen and oxygen atoms in total. The van der Waals surface area contributed by atoms with Crippen LogP contribution < -0.4 is 14.9 Å². The van der Waals surface area contributed by atoms with Crippen LogP contribution in [0.2, 0.25) is 0 Å². The van der Waals surface area contributed by atoms with Crippen LogP contribution in [0, 0.1) is 0 Å². The molecule has 2 aromatic carbocycles. The minimum absolute atomic E-state index is 0.0176. The molecule has 3 aromatic rings. The predicted molar refractivity (Wildman–Crippen MR) is 129 cm³/mol. The summed E-state index contributed by atoms with van der Waals surface area (Å²) >= 11 is 7.34. The largest absolute Gasteiger partial charge is 0.350 e. The fraction of sp³-hybridized carbons (Fsp3) is 0.136. The number of hydrogen-bond acceptors (Lipinski definition) is 7. The van der Waals surface area contributed by atoms with Crippen LogP contribution in [0.3, 0.4) is 0 Å². The number of anilines is 3. The van der Waals surface area contributed by atoms with Crippen molar-refractivity contribution in [3.05, 3.63) is 76.4 Å². The van der Waals surface area contributed by atoms with Gasteiger partial charge in [0, 0.05) is 17.3 Å². The number of sulfonamides is 1. The van der Waals surface area contributed by atoms with Gasteiger partial charge in [0.1, 0.15) is 10.7 Å². The van der Waals surface area contributed by atoms with Crippen LogP contribution in [-0.4, -0.2) is 25.2 Å². The number of imide groups is 1. The van der Waals surface area contributed by atoms with E-state index in [-0.39, 0.29) is 20.8 Å². The minimum atomic E-state index is -3.81. The Morgan fingerprint density at radius 3 is 2.24 bits per heavy atom. The molecule has 0 saturated heterocycles. The van der Waals surface area contributed by atoms with Gasteiger partial charge >= 0.3 is 0 Å². The van der Waals surface area contributed by atoms with E-state index in [0.29, 0.717) is 17.3 Å². The van der Waals surface area contributed by atoms with Gasteiger partial charge in [-0.2, -0.15) is 0 Å². The molecule has 170 valence electrons. The number of aromatic nitrogens is 1. The van der Waals surface area contributed by atoms with Crippen molar-refractivity contribution in [2.45, 2.75) is 24.7 Å². The lowest BCUT2D eigenvalue weighted by Gasteiger charge is -2.16. The predicted octanol–water partition coefficient (Wildman–Crippen LogP) is 4.50. The van der Waals surface area contributed by atoms with Crippen molar-refractivity contribution in [2.24, 2.45) is 0 Å². The highest BCUT2D eigenvalue weighted by atomic mass is 35.5. The number of hydrogen-bond donors (Lipinski definition) is 2. The molecule has 1 aliphatic heterocycles. The fourth-order valence-corrected chi connectivity index (χ4v) is 5.16. The van der Waals surface area contributed by atoms with Crippen molar-refractivity contribution in [1.29, 1.82) is 0 Å². The normalized spacial score (nSPS) is 14.4. The average molecular weight is 503 g/mol. The summed E-state index contributed by atoms with van der Waals surface area (Å²) in [6.07, 6.45) is 1.49. The molecule has 0 aliphatic carbocycles. The Balaban J connectivity index is 1.51. The van der Waals surface area contributed by atoms with Crippen molar-refractivity contribution in [3.63, 3.8) is 0 Å². The Hall–Kier alpha value is -3.21. The number of carbonyl (C=O) groups is 2. The summed E-state index contributed by atoms with van der Waals surface area (Å²) in [5.41, 5.74) is 1.81. The molecule has 33 heavy (non-hydrogen) atoms. The van der Waals surface area contributed by atoms with Gasteiger partial charge in [0.2, 0.25) is 0 Å². The van der Waals surface area contributed by atoms with Gasteiger partial charge < -0.3 is 5.32 Å². The van der Waals surface area contributed by atoms with Gasteiger partial charge in [-0.3, -0.25) is 14.3 Å². The highest BCUT2D eigenvalue weighted by Gasteiger charge is 2.39. The van der Waals surface area contributed by atoms with Crippen LogP contribution in [0.15, 0.2) is 75.7 Å². The molecule has 4 rings (SSSR count). The van der Waals surface area contributed by atoms with E-state index in [1.807, 2.05) is 26.0 Å². The van der Waals surface area contributed by atoms with Crippen molar-refractivity contribution in [2.75, 3.05) is 14.9 Å². The third-order valence-electron chi connectivity index (χ3n) is 4.93. The standard InChI is InChI=1S/C22H19ClN4O4S2/c1-13(2)14-3-7-16(8-4-14)27-20(28)18(23)19(21(27)29)25-15-5-9-17(10-6-15)33(30,31)26-22-24-11-12-32-22/h3-13,25H,1-2H3,(H,24,26). The summed E-state index contributed by atoms with van der Waals surface area (Å²) in [7, 11) is -3.81. The van der Waals surface area contributed by atoms with E-state index in [1.165, 1.54) is 30.5 Å². The van der Waals surface area contributed by atoms with E-state index in [2.05, 4.69) is 15.0 Å². The number of nitrogens with one attached hydrogen (secondary N) is 2. The SMILES string of the molecule is CC(C)c1ccc(N2C(=O)C(Cl)=C(Nc3ccc(S(=O)(=O)Nc4nccs4)cc3)C2=O)cc1. The van der Waals surface area contributed by atoms with Crippen LogP contribution >= 0.6 is 22.9 Å². The number of thiazole rings is 1. The maximum atomic E-state index is 12.9. The number of rotatable bonds is 7. The summed E-state index contributed by atoms with van der Waals surface area (Å²) in [6.45, 7) is 4.10. The Bertz CT molecular complexity index is 1330. The van der Waals surface area contributed by atoms with Gasteiger partial charge in [0.15, 0.2) is 5.13 Å². The Labute approximate surface area is 200 Å². The molecule has 1 aliphatic rings. The molecule has 0 saturated carbocycles. The zero-order valence-electron chi connectivity index (χ0n) is 17.6. The summed E-state index contributed by atoms with van der Waals surface area (Å²) in [4.78, 5) is 30.5. The van der Waals surface area contributed by atoms with Crippen LogP contribution in [0.1, 0.15) is 25.3 Å². The smallest absolute Gasteiger partial charge is 0.283 e. The first-order chi connectivity index (χ1) is 15.7. The zero-order chi connectivity index (χ0) is 23.8. The molecule has 2 heterocycles. The first kappa shape index (κ1) is 23.0. The van der Waals surface area contributed by atoms with Crippen molar-refractivity contribution in [3.8, 4) is 0 Å². The maximum Gasteiger partial charge on any atom is 0.283 e. The molecule has 0 unspecified atom stereocenters. The second-order valence-electron chi connectivity index (χ2n) is 7.47. The second kappa shape index (κ2) is 8.97. The van der Waals surface area contributed by atoms with E-state index in [9.17, 15) is 18.0 Å². The van der Waals surface area contributed by atoms with Gasteiger partial charge in [-0.25, -0.2) is 18.3 Å². The molecule has 0 radical (unpaired) electrons. The molecule has 11 heteroatoms. The molecule has 2 N–H and O–H groups in total. The van der Waals surface area contributed by atoms with Crippen molar-refractivity contribution >= 4 is 61.3 Å². The summed E-state index contributed by atoms with van der Waals surface area (Å²) in [5, 5.41) is 4.51. The van der Waals surface area contributed by atoms with Gasteiger partial charge in [0.25, 0.3) is 21.8 Å². The lowest BCUT2D eigenvalue weighted by molar-refractivity contribution is -0.120. The van der Waals surface area contributed by atoms with Crippen LogP contribution in [-0.2, 0) is 19.6 Å². The van der Waals surface area contributed by atoms with Gasteiger partial charge in [-0.05, 0) is 47.9 Å². The van der Waals surface area contributed by atoms with Crippen LogP contribution in [0.25, 0.3) is 0 Å². The highest BCUT2D eigenvalue weighted by molar-refractivity contribution is 7.93. The van der Waals surface area contributed by atoms with Gasteiger partial charge in [-0.1, -0.05) is 37.6 Å². The van der Waals surface area contributed by atoms with E-state index in [0.717, 1.165) is 21.8 Å². The lowest BCUT2D eigenvalue weighted by atomic mass is 10.0. The Morgan fingerprint density at radius 2 is 1.67 bits per heavy atom. The highest BCUT2D eigenvalue weighted by Crippen LogP contribution is 2.31. The maximum absolute atomic E-state index is 12.9. The zero-order valence-corrected chi connectivity index (χ0v) is 20.0. The molecule has 1 aromatic heterocycles. The average Bonchev–Trinajstić information content (AvgIpc) is 3.36. The molecule has 2 amide bonds. The van der Waals surface area contributed by atoms with Gasteiger partial charge in [0.05, 0.1) is 10.6 Å². The Kier molecular flexibility index (Phi) is 6.24. The third-order valence-corrected chi connectivity index (χ3v) is 7.46. The number of nitrogens with zero attached hydrogens (tertiary/aromatic N) is 2. The van der Waals surface area contributed by atoms with E-state index in [4.69, 9.17) is 11.6 Å². The monoisotopic (exact) mass is 502 g/mol. The number of carbonyl (C=O) groups excluding carboxylic acids is 2. The topological polar surface area (TPSA) is 108 Å².